The van der Waals surface area contributed by atoms with Crippen LogP contribution in [0.3, 0.4) is 0 Å². The number of nitrogens with one attached hydrogen (secondary N) is 1. The van der Waals surface area contributed by atoms with Gasteiger partial charge in [0.2, 0.25) is 0 Å². The first kappa shape index (κ1) is 13.9. The van der Waals surface area contributed by atoms with Crippen LogP contribution in [0.5, 0.6) is 0 Å². The summed E-state index contributed by atoms with van der Waals surface area (Å²) >= 11 is 0. The number of benzene rings is 1. The molecule has 94 valence electrons. The van der Waals surface area contributed by atoms with Crippen molar-refractivity contribution in [1.29, 1.82) is 0 Å². The average Bonchev–Trinajstić information content (AvgIpc) is 2.24. The van der Waals surface area contributed by atoms with E-state index in [4.69, 9.17) is 0 Å². The first-order valence-electron chi connectivity index (χ1n) is 6.27. The zero-order valence-electron chi connectivity index (χ0n) is 11.6. The van der Waals surface area contributed by atoms with Gasteiger partial charge in [0.15, 0.2) is 0 Å². The van der Waals surface area contributed by atoms with Gasteiger partial charge < -0.3 is 0 Å². The quantitative estimate of drug-likeness (QED) is 0.849. The van der Waals surface area contributed by atoms with Crippen LogP contribution in [0.1, 0.15) is 40.2 Å². The molecule has 0 radical (unpaired) electrons. The predicted octanol–water partition coefficient (Wildman–Crippen LogP) is 2.05. The van der Waals surface area contributed by atoms with Gasteiger partial charge in [0.1, 0.15) is 6.54 Å². The lowest BCUT2D eigenvalue weighted by molar-refractivity contribution is -0.860. The Morgan fingerprint density at radius 1 is 1.18 bits per heavy atom. The van der Waals surface area contributed by atoms with Crippen LogP contribution in [-0.2, 0) is 11.3 Å². The molecule has 0 aliphatic heterocycles. The van der Waals surface area contributed by atoms with Gasteiger partial charge in [-0.25, -0.2) is 4.79 Å². The maximum absolute atomic E-state index is 12.4. The van der Waals surface area contributed by atoms with Crippen LogP contribution in [0.4, 0.5) is 0 Å². The van der Waals surface area contributed by atoms with Crippen molar-refractivity contribution < 1.29 is 9.69 Å². The first-order valence-corrected chi connectivity index (χ1v) is 6.27. The third-order valence-corrected chi connectivity index (χ3v) is 2.91. The summed E-state index contributed by atoms with van der Waals surface area (Å²) in [6.07, 6.45) is 0. The fraction of sp³-hybridized carbons (Fsp3) is 0.533. The van der Waals surface area contributed by atoms with Crippen LogP contribution in [0.2, 0.25) is 0 Å². The van der Waals surface area contributed by atoms with E-state index in [0.717, 1.165) is 11.4 Å². The SMILES string of the molecule is CC(C)[NH+](Cc1ccccc1)C(=O)C(C)(C)C. The second-order valence-electron chi connectivity index (χ2n) is 5.92. The largest absolute Gasteiger partial charge is 0.317 e. The van der Waals surface area contributed by atoms with E-state index in [1.165, 1.54) is 5.56 Å². The third-order valence-electron chi connectivity index (χ3n) is 2.91. The minimum Gasteiger partial charge on any atom is -0.266 e. The molecule has 1 unspecified atom stereocenters. The molecule has 0 spiro atoms. The maximum Gasteiger partial charge on any atom is 0.317 e. The Morgan fingerprint density at radius 3 is 2.12 bits per heavy atom. The van der Waals surface area contributed by atoms with E-state index < -0.39 is 0 Å². The van der Waals surface area contributed by atoms with Gasteiger partial charge in [0.05, 0.1) is 11.5 Å². The number of amides is 1. The van der Waals surface area contributed by atoms with Gasteiger partial charge in [-0.2, -0.15) is 0 Å². The van der Waals surface area contributed by atoms with Gasteiger partial charge in [-0.1, -0.05) is 30.3 Å². The maximum atomic E-state index is 12.4. The standard InChI is InChI=1S/C15H23NO/c1-12(2)16(14(17)15(3,4)5)11-13-9-7-6-8-10-13/h6-10,12H,11H2,1-5H3/p+1. The highest BCUT2D eigenvalue weighted by atomic mass is 16.2. The van der Waals surface area contributed by atoms with E-state index in [0.29, 0.717) is 6.04 Å². The first-order chi connectivity index (χ1) is 7.82. The molecule has 0 aliphatic carbocycles. The van der Waals surface area contributed by atoms with Crippen molar-refractivity contribution in [2.24, 2.45) is 5.41 Å². The van der Waals surface area contributed by atoms with Gasteiger partial charge in [-0.3, -0.25) is 4.90 Å². The van der Waals surface area contributed by atoms with Crippen LogP contribution in [-0.4, -0.2) is 11.9 Å². The molecule has 1 rings (SSSR count). The molecule has 2 nitrogen and oxygen atoms in total. The molecule has 0 saturated carbocycles. The minimum absolute atomic E-state index is 0.283. The van der Waals surface area contributed by atoms with Gasteiger partial charge in [0.25, 0.3) is 0 Å². The molecule has 17 heavy (non-hydrogen) atoms. The topological polar surface area (TPSA) is 21.5 Å². The highest BCUT2D eigenvalue weighted by Gasteiger charge is 2.33. The zero-order chi connectivity index (χ0) is 13.1. The Labute approximate surface area is 105 Å². The monoisotopic (exact) mass is 234 g/mol. The van der Waals surface area contributed by atoms with Crippen LogP contribution >= 0.6 is 0 Å². The molecule has 1 atom stereocenters. The van der Waals surface area contributed by atoms with Crippen molar-refractivity contribution in [3.63, 3.8) is 0 Å². The summed E-state index contributed by atoms with van der Waals surface area (Å²) in [7, 11) is 0. The second kappa shape index (κ2) is 5.46. The number of quaternary nitrogens is 1. The zero-order valence-corrected chi connectivity index (χ0v) is 11.6. The molecule has 0 bridgehead atoms. The molecule has 0 saturated heterocycles. The molecule has 1 N–H and O–H groups in total. The molecular formula is C15H24NO+. The fourth-order valence-corrected chi connectivity index (χ4v) is 1.84. The molecular weight excluding hydrogens is 210 g/mol. The van der Waals surface area contributed by atoms with Gasteiger partial charge in [-0.15, -0.1) is 0 Å². The van der Waals surface area contributed by atoms with E-state index in [2.05, 4.69) is 26.0 Å². The lowest BCUT2D eigenvalue weighted by Crippen LogP contribution is -3.17. The Balaban J connectivity index is 2.85. The van der Waals surface area contributed by atoms with Crippen molar-refractivity contribution in [2.75, 3.05) is 0 Å². The highest BCUT2D eigenvalue weighted by Crippen LogP contribution is 2.11. The fourth-order valence-electron chi connectivity index (χ4n) is 1.84. The number of carbonyl (C=O) groups excluding carboxylic acids is 1. The van der Waals surface area contributed by atoms with Gasteiger partial charge >= 0.3 is 5.91 Å². The molecule has 1 aromatic carbocycles. The Kier molecular flexibility index (Phi) is 4.47. The molecule has 0 aliphatic rings. The molecule has 0 heterocycles. The summed E-state index contributed by atoms with van der Waals surface area (Å²) < 4.78 is 0. The van der Waals surface area contributed by atoms with Crippen molar-refractivity contribution in [2.45, 2.75) is 47.2 Å². The molecule has 0 fully saturated rings. The van der Waals surface area contributed by atoms with Gasteiger partial charge in [0, 0.05) is 5.56 Å². The molecule has 1 aromatic rings. The number of hydrogen-bond donors (Lipinski definition) is 1. The van der Waals surface area contributed by atoms with Crippen LogP contribution < -0.4 is 4.90 Å². The van der Waals surface area contributed by atoms with Crippen molar-refractivity contribution in [1.82, 2.24) is 0 Å². The smallest absolute Gasteiger partial charge is 0.266 e. The van der Waals surface area contributed by atoms with E-state index in [-0.39, 0.29) is 11.3 Å². The number of rotatable bonds is 3. The summed E-state index contributed by atoms with van der Waals surface area (Å²) in [6.45, 7) is 10.9. The third kappa shape index (κ3) is 3.97. The summed E-state index contributed by atoms with van der Waals surface area (Å²) in [5.74, 6) is 0.288. The minimum atomic E-state index is -0.283. The summed E-state index contributed by atoms with van der Waals surface area (Å²) in [5, 5.41) is 0. The Bertz CT molecular complexity index is 362. The van der Waals surface area contributed by atoms with Crippen LogP contribution in [0.25, 0.3) is 0 Å². The van der Waals surface area contributed by atoms with Gasteiger partial charge in [-0.05, 0) is 34.6 Å². The van der Waals surface area contributed by atoms with Crippen LogP contribution in [0, 0.1) is 5.41 Å². The number of hydrogen-bond acceptors (Lipinski definition) is 1. The van der Waals surface area contributed by atoms with Crippen molar-refractivity contribution >= 4 is 5.91 Å². The van der Waals surface area contributed by atoms with Crippen molar-refractivity contribution in [3.05, 3.63) is 35.9 Å². The average molecular weight is 234 g/mol. The Hall–Kier alpha value is -1.15. The highest BCUT2D eigenvalue weighted by molar-refractivity contribution is 5.72. The second-order valence-corrected chi connectivity index (χ2v) is 5.92. The molecule has 2 heteroatoms. The van der Waals surface area contributed by atoms with Crippen LogP contribution in [0.15, 0.2) is 30.3 Å². The van der Waals surface area contributed by atoms with E-state index in [9.17, 15) is 4.79 Å². The lowest BCUT2D eigenvalue weighted by atomic mass is 9.93. The summed E-state index contributed by atoms with van der Waals surface area (Å²) in [5.41, 5.74) is 0.933. The number of carbonyl (C=O) groups is 1. The molecule has 1 amide bonds. The summed E-state index contributed by atoms with van der Waals surface area (Å²) in [4.78, 5) is 13.4. The Morgan fingerprint density at radius 2 is 1.71 bits per heavy atom. The normalized spacial score (nSPS) is 13.8. The summed E-state index contributed by atoms with van der Waals surface area (Å²) in [6, 6.07) is 10.5. The predicted molar refractivity (Wildman–Crippen MR) is 70.7 cm³/mol. The molecule has 0 aromatic heterocycles. The van der Waals surface area contributed by atoms with Crippen molar-refractivity contribution in [3.8, 4) is 0 Å². The lowest BCUT2D eigenvalue weighted by Gasteiger charge is -2.27. The van der Waals surface area contributed by atoms with E-state index >= 15 is 0 Å². The van der Waals surface area contributed by atoms with E-state index in [1.54, 1.807) is 0 Å². The van der Waals surface area contributed by atoms with E-state index in [1.807, 2.05) is 39.0 Å².